The molecular formula is C9H11FN2O4S. The number of carbonyl (C=O) groups excluding carboxylic acids is 1. The van der Waals surface area contributed by atoms with Crippen LogP contribution in [0.25, 0.3) is 0 Å². The third-order valence-corrected chi connectivity index (χ3v) is 3.26. The van der Waals surface area contributed by atoms with Gasteiger partial charge in [0, 0.05) is 6.54 Å². The molecule has 94 valence electrons. The zero-order valence-corrected chi connectivity index (χ0v) is 9.54. The molecule has 3 N–H and O–H groups in total. The van der Waals surface area contributed by atoms with Crippen molar-refractivity contribution in [1.29, 1.82) is 0 Å². The molecular weight excluding hydrogens is 251 g/mol. The Morgan fingerprint density at radius 3 is 2.65 bits per heavy atom. The highest BCUT2D eigenvalue weighted by atomic mass is 32.2. The minimum atomic E-state index is -3.95. The van der Waals surface area contributed by atoms with Gasteiger partial charge in [-0.15, -0.1) is 0 Å². The third kappa shape index (κ3) is 4.00. The first-order chi connectivity index (χ1) is 7.93. The number of rotatable bonds is 5. The Hall–Kier alpha value is -1.67. The molecule has 1 aromatic rings. The monoisotopic (exact) mass is 262 g/mol. The van der Waals surface area contributed by atoms with E-state index in [2.05, 4.69) is 15.2 Å². The minimum Gasteiger partial charge on any atom is -0.448 e. The third-order valence-electron chi connectivity index (χ3n) is 1.76. The summed E-state index contributed by atoms with van der Waals surface area (Å²) in [5.41, 5.74) is 4.68. The van der Waals surface area contributed by atoms with Crippen LogP contribution in [0.2, 0.25) is 0 Å². The molecule has 1 aromatic carbocycles. The highest BCUT2D eigenvalue weighted by Gasteiger charge is 2.17. The van der Waals surface area contributed by atoms with E-state index in [1.807, 2.05) is 0 Å². The molecule has 0 aliphatic rings. The molecule has 0 spiro atoms. The molecule has 17 heavy (non-hydrogen) atoms. The maximum absolute atomic E-state index is 13.2. The summed E-state index contributed by atoms with van der Waals surface area (Å²) in [6, 6.07) is 4.95. The highest BCUT2D eigenvalue weighted by Crippen LogP contribution is 2.12. The van der Waals surface area contributed by atoms with Gasteiger partial charge in [0.1, 0.15) is 17.3 Å². The number of hydrogen-bond donors (Lipinski definition) is 2. The van der Waals surface area contributed by atoms with Crippen molar-refractivity contribution in [3.05, 3.63) is 30.1 Å². The van der Waals surface area contributed by atoms with Gasteiger partial charge in [-0.1, -0.05) is 12.1 Å². The van der Waals surface area contributed by atoms with Crippen molar-refractivity contribution in [3.63, 3.8) is 0 Å². The van der Waals surface area contributed by atoms with Crippen molar-refractivity contribution in [2.45, 2.75) is 4.90 Å². The Morgan fingerprint density at radius 1 is 1.41 bits per heavy atom. The van der Waals surface area contributed by atoms with Gasteiger partial charge in [-0.05, 0) is 12.1 Å². The molecule has 0 atom stereocenters. The number of nitrogens with two attached hydrogens (primary N) is 1. The van der Waals surface area contributed by atoms with Crippen LogP contribution in [-0.4, -0.2) is 27.7 Å². The topological polar surface area (TPSA) is 98.5 Å². The van der Waals surface area contributed by atoms with Crippen molar-refractivity contribution < 1.29 is 22.3 Å². The molecule has 0 aliphatic heterocycles. The summed E-state index contributed by atoms with van der Waals surface area (Å²) < 4.78 is 42.7. The maximum atomic E-state index is 13.2. The van der Waals surface area contributed by atoms with Crippen LogP contribution >= 0.6 is 0 Å². The number of carbonyl (C=O) groups is 1. The molecule has 0 aliphatic carbocycles. The molecule has 1 rings (SSSR count). The van der Waals surface area contributed by atoms with E-state index in [0.717, 1.165) is 12.1 Å². The molecule has 0 radical (unpaired) electrons. The first-order valence-electron chi connectivity index (χ1n) is 4.60. The lowest BCUT2D eigenvalue weighted by molar-refractivity contribution is 0.159. The molecule has 0 aromatic heterocycles. The van der Waals surface area contributed by atoms with E-state index in [9.17, 15) is 17.6 Å². The number of sulfonamides is 1. The maximum Gasteiger partial charge on any atom is 0.404 e. The van der Waals surface area contributed by atoms with E-state index >= 15 is 0 Å². The molecule has 0 fully saturated rings. The lowest BCUT2D eigenvalue weighted by Crippen LogP contribution is -2.29. The quantitative estimate of drug-likeness (QED) is 0.740. The molecule has 0 heterocycles. The average Bonchev–Trinajstić information content (AvgIpc) is 2.24. The smallest absolute Gasteiger partial charge is 0.404 e. The van der Waals surface area contributed by atoms with E-state index in [1.165, 1.54) is 12.1 Å². The predicted octanol–water partition coefficient (Wildman–Crippen LogP) is 0.199. The van der Waals surface area contributed by atoms with Crippen molar-refractivity contribution in [2.75, 3.05) is 13.2 Å². The number of benzene rings is 1. The van der Waals surface area contributed by atoms with Gasteiger partial charge in [-0.25, -0.2) is 22.3 Å². The van der Waals surface area contributed by atoms with E-state index in [1.54, 1.807) is 0 Å². The lowest BCUT2D eigenvalue weighted by atomic mass is 10.4. The summed E-state index contributed by atoms with van der Waals surface area (Å²) in [6.07, 6.45) is -1.00. The number of hydrogen-bond acceptors (Lipinski definition) is 4. The van der Waals surface area contributed by atoms with Crippen molar-refractivity contribution >= 4 is 16.1 Å². The van der Waals surface area contributed by atoms with Crippen LogP contribution < -0.4 is 10.5 Å². The minimum absolute atomic E-state index is 0.181. The van der Waals surface area contributed by atoms with Crippen molar-refractivity contribution in [1.82, 2.24) is 4.72 Å². The fraction of sp³-hybridized carbons (Fsp3) is 0.222. The van der Waals surface area contributed by atoms with Gasteiger partial charge in [0.2, 0.25) is 10.0 Å². The first-order valence-corrected chi connectivity index (χ1v) is 6.08. The van der Waals surface area contributed by atoms with Crippen LogP contribution in [0.15, 0.2) is 29.2 Å². The Bertz CT molecular complexity index is 503. The standard InChI is InChI=1S/C9H11FN2O4S/c10-7-3-1-2-4-8(7)17(14,15)12-5-6-16-9(11)13/h1-4,12H,5-6H2,(H2,11,13). The fourth-order valence-corrected chi connectivity index (χ4v) is 2.16. The Labute approximate surface area is 97.6 Å². The number of nitrogens with one attached hydrogen (secondary N) is 1. The van der Waals surface area contributed by atoms with Crippen LogP contribution in [-0.2, 0) is 14.8 Å². The van der Waals surface area contributed by atoms with Gasteiger partial charge in [0.05, 0.1) is 0 Å². The summed E-state index contributed by atoms with van der Waals surface area (Å²) in [5.74, 6) is -0.851. The molecule has 0 saturated carbocycles. The van der Waals surface area contributed by atoms with E-state index in [4.69, 9.17) is 0 Å². The van der Waals surface area contributed by atoms with Crippen molar-refractivity contribution in [2.24, 2.45) is 5.73 Å². The summed E-state index contributed by atoms with van der Waals surface area (Å²) in [4.78, 5) is 9.75. The number of primary amides is 1. The number of amides is 1. The number of halogens is 1. The highest BCUT2D eigenvalue weighted by molar-refractivity contribution is 7.89. The second kappa shape index (κ2) is 5.60. The average molecular weight is 262 g/mol. The summed E-state index contributed by atoms with van der Waals surface area (Å²) >= 11 is 0. The largest absolute Gasteiger partial charge is 0.448 e. The summed E-state index contributed by atoms with van der Waals surface area (Å²) in [6.45, 7) is -0.400. The van der Waals surface area contributed by atoms with Gasteiger partial charge >= 0.3 is 6.09 Å². The molecule has 6 nitrogen and oxygen atoms in total. The van der Waals surface area contributed by atoms with Gasteiger partial charge in [-0.3, -0.25) is 0 Å². The van der Waals surface area contributed by atoms with Gasteiger partial charge in [0.15, 0.2) is 0 Å². The fourth-order valence-electron chi connectivity index (χ4n) is 1.07. The van der Waals surface area contributed by atoms with E-state index in [-0.39, 0.29) is 13.2 Å². The zero-order valence-electron chi connectivity index (χ0n) is 8.72. The summed E-state index contributed by atoms with van der Waals surface area (Å²) in [5, 5.41) is 0. The van der Waals surface area contributed by atoms with Gasteiger partial charge in [0.25, 0.3) is 0 Å². The van der Waals surface area contributed by atoms with Crippen LogP contribution in [0.3, 0.4) is 0 Å². The molecule has 0 saturated heterocycles. The second-order valence-corrected chi connectivity index (χ2v) is 4.73. The lowest BCUT2D eigenvalue weighted by Gasteiger charge is -2.07. The number of ether oxygens (including phenoxy) is 1. The van der Waals surface area contributed by atoms with Crippen LogP contribution in [0, 0.1) is 5.82 Å². The molecule has 0 bridgehead atoms. The van der Waals surface area contributed by atoms with Crippen LogP contribution in [0.1, 0.15) is 0 Å². The summed E-state index contributed by atoms with van der Waals surface area (Å²) in [7, 11) is -3.95. The molecule has 8 heteroatoms. The zero-order chi connectivity index (χ0) is 12.9. The second-order valence-electron chi connectivity index (χ2n) is 3.00. The normalized spacial score (nSPS) is 11.1. The predicted molar refractivity (Wildman–Crippen MR) is 57.1 cm³/mol. The Kier molecular flexibility index (Phi) is 4.41. The molecule has 0 unspecified atom stereocenters. The molecule has 1 amide bonds. The van der Waals surface area contributed by atoms with E-state index in [0.29, 0.717) is 0 Å². The SMILES string of the molecule is NC(=O)OCCNS(=O)(=O)c1ccccc1F. The van der Waals surface area contributed by atoms with Crippen molar-refractivity contribution in [3.8, 4) is 0 Å². The van der Waals surface area contributed by atoms with Gasteiger partial charge < -0.3 is 10.5 Å². The Morgan fingerprint density at radius 2 is 2.06 bits per heavy atom. The van der Waals surface area contributed by atoms with Crippen LogP contribution in [0.5, 0.6) is 0 Å². The van der Waals surface area contributed by atoms with Gasteiger partial charge in [-0.2, -0.15) is 0 Å². The Balaban J connectivity index is 2.64. The first kappa shape index (κ1) is 13.4. The van der Waals surface area contributed by atoms with E-state index < -0.39 is 26.8 Å². The van der Waals surface area contributed by atoms with Crippen LogP contribution in [0.4, 0.5) is 9.18 Å².